The van der Waals surface area contributed by atoms with Crippen LogP contribution in [0.25, 0.3) is 0 Å². The lowest BCUT2D eigenvalue weighted by Gasteiger charge is -2.35. The molecule has 1 fully saturated rings. The maximum Gasteiger partial charge on any atom is 0.335 e. The van der Waals surface area contributed by atoms with Crippen molar-refractivity contribution >= 4 is 23.4 Å². The van der Waals surface area contributed by atoms with Crippen LogP contribution in [0.15, 0.2) is 12.1 Å². The van der Waals surface area contributed by atoms with Gasteiger partial charge in [-0.25, -0.2) is 9.78 Å². The zero-order valence-electron chi connectivity index (χ0n) is 11.1. The van der Waals surface area contributed by atoms with Gasteiger partial charge in [0.15, 0.2) is 0 Å². The van der Waals surface area contributed by atoms with Crippen molar-refractivity contribution < 1.29 is 9.90 Å². The highest BCUT2D eigenvalue weighted by molar-refractivity contribution is 6.29. The van der Waals surface area contributed by atoms with Crippen LogP contribution in [-0.2, 0) is 0 Å². The molecular weight excluding hydrogens is 266 g/mol. The Hall–Kier alpha value is -1.33. The molecule has 2 heterocycles. The maximum absolute atomic E-state index is 11.0. The van der Waals surface area contributed by atoms with Gasteiger partial charge in [0.1, 0.15) is 11.0 Å². The van der Waals surface area contributed by atoms with Crippen LogP contribution in [0.2, 0.25) is 5.15 Å². The van der Waals surface area contributed by atoms with Gasteiger partial charge in [0.2, 0.25) is 0 Å². The molecule has 5 nitrogen and oxygen atoms in total. The number of aromatic carboxylic acids is 1. The van der Waals surface area contributed by atoms with E-state index in [4.69, 9.17) is 16.7 Å². The van der Waals surface area contributed by atoms with E-state index in [1.807, 2.05) is 11.9 Å². The van der Waals surface area contributed by atoms with Crippen LogP contribution < -0.4 is 4.90 Å². The molecule has 0 saturated carbocycles. The van der Waals surface area contributed by atoms with Crippen LogP contribution in [0.3, 0.4) is 0 Å². The quantitative estimate of drug-likeness (QED) is 0.860. The van der Waals surface area contributed by atoms with Crippen LogP contribution in [-0.4, -0.2) is 54.2 Å². The molecule has 1 saturated heterocycles. The number of rotatable bonds is 3. The Labute approximate surface area is 117 Å². The van der Waals surface area contributed by atoms with Gasteiger partial charge in [-0.1, -0.05) is 11.6 Å². The zero-order chi connectivity index (χ0) is 14.0. The second-order valence-electron chi connectivity index (χ2n) is 4.99. The van der Waals surface area contributed by atoms with E-state index >= 15 is 0 Å². The third kappa shape index (κ3) is 3.36. The lowest BCUT2D eigenvalue weighted by atomic mass is 10.0. The predicted molar refractivity (Wildman–Crippen MR) is 75.1 cm³/mol. The summed E-state index contributed by atoms with van der Waals surface area (Å²) in [6.45, 7) is 2.09. The number of anilines is 1. The van der Waals surface area contributed by atoms with E-state index in [0.717, 1.165) is 25.9 Å². The van der Waals surface area contributed by atoms with Gasteiger partial charge >= 0.3 is 5.97 Å². The van der Waals surface area contributed by atoms with E-state index in [1.54, 1.807) is 6.07 Å². The average Bonchev–Trinajstić information content (AvgIpc) is 2.38. The smallest absolute Gasteiger partial charge is 0.335 e. The molecule has 0 unspecified atom stereocenters. The largest absolute Gasteiger partial charge is 0.478 e. The average molecular weight is 284 g/mol. The molecule has 104 valence electrons. The fourth-order valence-electron chi connectivity index (χ4n) is 2.36. The number of likely N-dealkylation sites (tertiary alicyclic amines) is 1. The molecule has 0 amide bonds. The molecule has 0 spiro atoms. The van der Waals surface area contributed by atoms with Crippen molar-refractivity contribution in [2.45, 2.75) is 18.9 Å². The summed E-state index contributed by atoms with van der Waals surface area (Å²) in [5.74, 6) is -0.359. The van der Waals surface area contributed by atoms with Crippen molar-refractivity contribution in [2.24, 2.45) is 0 Å². The third-order valence-electron chi connectivity index (χ3n) is 3.62. The Morgan fingerprint density at radius 3 is 2.68 bits per heavy atom. The number of halogens is 1. The molecule has 2 rings (SSSR count). The van der Waals surface area contributed by atoms with Gasteiger partial charge in [0.25, 0.3) is 0 Å². The molecule has 6 heteroatoms. The number of pyridine rings is 1. The summed E-state index contributed by atoms with van der Waals surface area (Å²) in [6, 6.07) is 3.33. The molecule has 1 aliphatic rings. The van der Waals surface area contributed by atoms with Crippen LogP contribution in [0.1, 0.15) is 23.2 Å². The van der Waals surface area contributed by atoms with Gasteiger partial charge < -0.3 is 14.9 Å². The zero-order valence-corrected chi connectivity index (χ0v) is 11.9. The molecule has 19 heavy (non-hydrogen) atoms. The molecule has 1 aromatic rings. The highest BCUT2D eigenvalue weighted by Crippen LogP contribution is 2.23. The molecule has 0 atom stereocenters. The maximum atomic E-state index is 11.0. The standard InChI is InChI=1S/C13H18ClN3O2/c1-16-5-3-10(4-6-16)17(2)12-8-9(13(18)19)7-11(14)15-12/h7-8,10H,3-6H2,1-2H3,(H,18,19). The van der Waals surface area contributed by atoms with Crippen molar-refractivity contribution in [1.82, 2.24) is 9.88 Å². The summed E-state index contributed by atoms with van der Waals surface area (Å²) < 4.78 is 0. The van der Waals surface area contributed by atoms with Gasteiger partial charge in [-0.2, -0.15) is 0 Å². The molecule has 1 N–H and O–H groups in total. The second kappa shape index (κ2) is 5.75. The Morgan fingerprint density at radius 1 is 1.47 bits per heavy atom. The number of carbonyl (C=O) groups is 1. The van der Waals surface area contributed by atoms with Crippen LogP contribution in [0, 0.1) is 0 Å². The van der Waals surface area contributed by atoms with Crippen molar-refractivity contribution in [2.75, 3.05) is 32.1 Å². The minimum Gasteiger partial charge on any atom is -0.478 e. The number of piperidine rings is 1. The first-order chi connectivity index (χ1) is 8.97. The molecule has 0 aliphatic carbocycles. The molecule has 0 bridgehead atoms. The van der Waals surface area contributed by atoms with Gasteiger partial charge in [-0.05, 0) is 45.1 Å². The number of aromatic nitrogens is 1. The van der Waals surface area contributed by atoms with E-state index in [1.165, 1.54) is 6.07 Å². The van der Waals surface area contributed by atoms with E-state index in [9.17, 15) is 4.79 Å². The summed E-state index contributed by atoms with van der Waals surface area (Å²) in [5, 5.41) is 9.27. The minimum absolute atomic E-state index is 0.176. The lowest BCUT2D eigenvalue weighted by Crippen LogP contribution is -2.42. The second-order valence-corrected chi connectivity index (χ2v) is 5.37. The van der Waals surface area contributed by atoms with E-state index in [-0.39, 0.29) is 10.7 Å². The highest BCUT2D eigenvalue weighted by atomic mass is 35.5. The number of carboxylic acids is 1. The monoisotopic (exact) mass is 283 g/mol. The summed E-state index contributed by atoms with van der Waals surface area (Å²) >= 11 is 5.89. The van der Waals surface area contributed by atoms with Gasteiger partial charge in [-0.15, -0.1) is 0 Å². The molecule has 1 aromatic heterocycles. The fraction of sp³-hybridized carbons (Fsp3) is 0.538. The Morgan fingerprint density at radius 2 is 2.11 bits per heavy atom. The normalized spacial score (nSPS) is 17.4. The number of hydrogen-bond acceptors (Lipinski definition) is 4. The topological polar surface area (TPSA) is 56.7 Å². The summed E-state index contributed by atoms with van der Waals surface area (Å²) in [4.78, 5) is 19.6. The van der Waals surface area contributed by atoms with Gasteiger partial charge in [0.05, 0.1) is 5.56 Å². The Bertz CT molecular complexity index is 473. The first-order valence-electron chi connectivity index (χ1n) is 6.29. The van der Waals surface area contributed by atoms with Crippen molar-refractivity contribution in [3.63, 3.8) is 0 Å². The molecular formula is C13H18ClN3O2. The Balaban J connectivity index is 2.18. The summed E-state index contributed by atoms with van der Waals surface area (Å²) in [6.07, 6.45) is 2.09. The van der Waals surface area contributed by atoms with Gasteiger partial charge in [-0.3, -0.25) is 0 Å². The van der Waals surface area contributed by atoms with E-state index < -0.39 is 5.97 Å². The van der Waals surface area contributed by atoms with Crippen molar-refractivity contribution in [3.8, 4) is 0 Å². The minimum atomic E-state index is -0.984. The first-order valence-corrected chi connectivity index (χ1v) is 6.67. The highest BCUT2D eigenvalue weighted by Gasteiger charge is 2.22. The van der Waals surface area contributed by atoms with E-state index in [0.29, 0.717) is 11.9 Å². The number of hydrogen-bond donors (Lipinski definition) is 1. The lowest BCUT2D eigenvalue weighted by molar-refractivity contribution is 0.0696. The molecule has 0 aromatic carbocycles. The fourth-order valence-corrected chi connectivity index (χ4v) is 2.56. The SMILES string of the molecule is CN1CCC(N(C)c2cc(C(=O)O)cc(Cl)n2)CC1. The van der Waals surface area contributed by atoms with Crippen LogP contribution in [0.4, 0.5) is 5.82 Å². The third-order valence-corrected chi connectivity index (χ3v) is 3.82. The first kappa shape index (κ1) is 14.1. The summed E-state index contributed by atoms with van der Waals surface area (Å²) in [7, 11) is 4.05. The number of carboxylic acid groups (broad SMARTS) is 1. The molecule has 1 aliphatic heterocycles. The van der Waals surface area contributed by atoms with E-state index in [2.05, 4.69) is 16.9 Å². The van der Waals surface area contributed by atoms with Crippen molar-refractivity contribution in [3.05, 3.63) is 22.8 Å². The number of nitrogens with zero attached hydrogens (tertiary/aromatic N) is 3. The molecule has 0 radical (unpaired) electrons. The van der Waals surface area contributed by atoms with Crippen LogP contribution in [0.5, 0.6) is 0 Å². The van der Waals surface area contributed by atoms with Crippen LogP contribution >= 0.6 is 11.6 Å². The van der Waals surface area contributed by atoms with Gasteiger partial charge in [0, 0.05) is 13.1 Å². The van der Waals surface area contributed by atoms with Crippen molar-refractivity contribution in [1.29, 1.82) is 0 Å². The summed E-state index contributed by atoms with van der Waals surface area (Å²) in [5.41, 5.74) is 0.176. The predicted octanol–water partition coefficient (Wildman–Crippen LogP) is 1.96. The Kier molecular flexibility index (Phi) is 4.27.